The maximum absolute atomic E-state index is 13.3. The van der Waals surface area contributed by atoms with Gasteiger partial charge in [-0.1, -0.05) is 25.1 Å². The highest BCUT2D eigenvalue weighted by molar-refractivity contribution is 8.00. The summed E-state index contributed by atoms with van der Waals surface area (Å²) in [5, 5.41) is 0.408. The second-order valence-electron chi connectivity index (χ2n) is 6.91. The van der Waals surface area contributed by atoms with E-state index in [4.69, 9.17) is 0 Å². The third-order valence-corrected chi connectivity index (χ3v) is 6.26. The van der Waals surface area contributed by atoms with Gasteiger partial charge in [0.1, 0.15) is 0 Å². The van der Waals surface area contributed by atoms with E-state index in [9.17, 15) is 14.4 Å². The summed E-state index contributed by atoms with van der Waals surface area (Å²) in [6.07, 6.45) is 2.39. The molecule has 5 nitrogen and oxygen atoms in total. The number of rotatable bonds is 3. The van der Waals surface area contributed by atoms with Crippen LogP contribution in [0.2, 0.25) is 0 Å². The van der Waals surface area contributed by atoms with E-state index in [2.05, 4.69) is 13.5 Å². The molecule has 0 fully saturated rings. The van der Waals surface area contributed by atoms with E-state index in [0.29, 0.717) is 22.9 Å². The number of para-hydroxylation sites is 1. The summed E-state index contributed by atoms with van der Waals surface area (Å²) in [4.78, 5) is 42.3. The molecule has 2 heterocycles. The molecule has 4 rings (SSSR count). The summed E-state index contributed by atoms with van der Waals surface area (Å²) >= 11 is 1.77. The lowest BCUT2D eigenvalue weighted by Gasteiger charge is -2.22. The second-order valence-corrected chi connectivity index (χ2v) is 8.39. The number of fused-ring (bicyclic) bond motifs is 2. The largest absolute Gasteiger partial charge is 0.307 e. The van der Waals surface area contributed by atoms with Crippen LogP contribution in [0.1, 0.15) is 44.4 Å². The fourth-order valence-electron chi connectivity index (χ4n) is 3.57. The predicted octanol–water partition coefficient (Wildman–Crippen LogP) is 4.00. The van der Waals surface area contributed by atoms with Crippen molar-refractivity contribution in [3.63, 3.8) is 0 Å². The summed E-state index contributed by atoms with van der Waals surface area (Å²) in [6, 6.07) is 12.6. The van der Waals surface area contributed by atoms with Crippen LogP contribution in [-0.4, -0.2) is 41.0 Å². The van der Waals surface area contributed by atoms with Gasteiger partial charge in [0.05, 0.1) is 16.8 Å². The first kappa shape index (κ1) is 18.5. The molecule has 0 N–H and O–H groups in total. The highest BCUT2D eigenvalue weighted by atomic mass is 32.2. The Morgan fingerprint density at radius 2 is 1.93 bits per heavy atom. The Morgan fingerprint density at radius 3 is 2.71 bits per heavy atom. The zero-order chi connectivity index (χ0) is 19.8. The van der Waals surface area contributed by atoms with Crippen LogP contribution < -0.4 is 4.90 Å². The number of imide groups is 1. The van der Waals surface area contributed by atoms with Crippen molar-refractivity contribution in [3.05, 3.63) is 71.8 Å². The molecule has 142 valence electrons. The molecule has 0 aromatic heterocycles. The summed E-state index contributed by atoms with van der Waals surface area (Å²) in [7, 11) is 0. The molecule has 0 radical (unpaired) electrons. The van der Waals surface area contributed by atoms with Gasteiger partial charge in [0.25, 0.3) is 17.7 Å². The van der Waals surface area contributed by atoms with Crippen molar-refractivity contribution in [1.29, 1.82) is 0 Å². The van der Waals surface area contributed by atoms with Crippen LogP contribution in [0, 0.1) is 0 Å². The molecule has 0 bridgehead atoms. The number of thioether (sulfide) groups is 1. The van der Waals surface area contributed by atoms with Gasteiger partial charge in [-0.15, -0.1) is 18.3 Å². The monoisotopic (exact) mass is 392 g/mol. The standard InChI is InChI=1S/C22H20N2O3S/c1-3-11-24-21(26)16-9-8-15(13-17(16)22(24)27)20(25)23-12-10-14(2)28-19-7-5-4-6-18(19)23/h3-9,13-14H,1,10-12H2,2H3/t14-/m0/s1. The Bertz CT molecular complexity index is 1000. The minimum atomic E-state index is -0.380. The van der Waals surface area contributed by atoms with Crippen LogP contribution in [0.5, 0.6) is 0 Å². The quantitative estimate of drug-likeness (QED) is 0.585. The first-order valence-corrected chi connectivity index (χ1v) is 10.1. The van der Waals surface area contributed by atoms with Gasteiger partial charge in [0.2, 0.25) is 0 Å². The van der Waals surface area contributed by atoms with Crippen molar-refractivity contribution in [1.82, 2.24) is 4.90 Å². The molecule has 2 aromatic rings. The minimum Gasteiger partial charge on any atom is -0.307 e. The van der Waals surface area contributed by atoms with Crippen molar-refractivity contribution in [2.45, 2.75) is 23.5 Å². The highest BCUT2D eigenvalue weighted by Gasteiger charge is 2.36. The summed E-state index contributed by atoms with van der Waals surface area (Å²) in [6.45, 7) is 6.51. The van der Waals surface area contributed by atoms with Gasteiger partial charge in [-0.2, -0.15) is 0 Å². The minimum absolute atomic E-state index is 0.157. The zero-order valence-corrected chi connectivity index (χ0v) is 16.4. The molecule has 0 unspecified atom stereocenters. The molecule has 28 heavy (non-hydrogen) atoms. The number of hydrogen-bond donors (Lipinski definition) is 0. The SMILES string of the molecule is C=CCN1C(=O)c2ccc(C(=O)N3CC[C@H](C)Sc4ccccc43)cc2C1=O. The third kappa shape index (κ3) is 3.03. The Labute approximate surface area is 168 Å². The molecule has 2 aliphatic heterocycles. The zero-order valence-electron chi connectivity index (χ0n) is 15.6. The van der Waals surface area contributed by atoms with E-state index in [1.807, 2.05) is 24.3 Å². The summed E-state index contributed by atoms with van der Waals surface area (Å²) in [5.74, 6) is -0.883. The van der Waals surface area contributed by atoms with E-state index in [0.717, 1.165) is 21.9 Å². The Morgan fingerprint density at radius 1 is 1.18 bits per heavy atom. The predicted molar refractivity (Wildman–Crippen MR) is 110 cm³/mol. The van der Waals surface area contributed by atoms with Crippen LogP contribution in [0.3, 0.4) is 0 Å². The van der Waals surface area contributed by atoms with Crippen molar-refractivity contribution in [2.24, 2.45) is 0 Å². The molecule has 0 spiro atoms. The van der Waals surface area contributed by atoms with Gasteiger partial charge in [-0.25, -0.2) is 0 Å². The smallest absolute Gasteiger partial charge is 0.261 e. The summed E-state index contributed by atoms with van der Waals surface area (Å²) < 4.78 is 0. The molecule has 2 aromatic carbocycles. The number of hydrogen-bond acceptors (Lipinski definition) is 4. The Kier molecular flexibility index (Phi) is 4.81. The second kappa shape index (κ2) is 7.28. The molecular weight excluding hydrogens is 372 g/mol. The summed E-state index contributed by atoms with van der Waals surface area (Å²) in [5.41, 5.74) is 1.92. The highest BCUT2D eigenvalue weighted by Crippen LogP contribution is 2.38. The molecule has 0 aliphatic carbocycles. The first-order valence-electron chi connectivity index (χ1n) is 9.20. The molecular formula is C22H20N2O3S. The van der Waals surface area contributed by atoms with Gasteiger partial charge >= 0.3 is 0 Å². The van der Waals surface area contributed by atoms with Crippen molar-refractivity contribution in [3.8, 4) is 0 Å². The van der Waals surface area contributed by atoms with Crippen molar-refractivity contribution in [2.75, 3.05) is 18.0 Å². The van der Waals surface area contributed by atoms with Crippen LogP contribution in [-0.2, 0) is 0 Å². The maximum Gasteiger partial charge on any atom is 0.261 e. The number of carbonyl (C=O) groups excluding carboxylic acids is 3. The van der Waals surface area contributed by atoms with Crippen LogP contribution >= 0.6 is 11.8 Å². The molecule has 6 heteroatoms. The van der Waals surface area contributed by atoms with Gasteiger partial charge in [0, 0.05) is 28.8 Å². The maximum atomic E-state index is 13.3. The van der Waals surface area contributed by atoms with Gasteiger partial charge in [0.15, 0.2) is 0 Å². The average molecular weight is 392 g/mol. The van der Waals surface area contributed by atoms with Gasteiger partial charge in [-0.05, 0) is 36.8 Å². The van der Waals surface area contributed by atoms with Gasteiger partial charge < -0.3 is 4.90 Å². The van der Waals surface area contributed by atoms with Crippen LogP contribution in [0.4, 0.5) is 5.69 Å². The number of carbonyl (C=O) groups is 3. The topological polar surface area (TPSA) is 57.7 Å². The molecule has 1 atom stereocenters. The molecule has 2 aliphatic rings. The lowest BCUT2D eigenvalue weighted by molar-refractivity contribution is 0.0672. The normalized spacial score (nSPS) is 18.5. The number of nitrogens with zero attached hydrogens (tertiary/aromatic N) is 2. The first-order chi connectivity index (χ1) is 13.5. The molecule has 3 amide bonds. The molecule has 0 saturated heterocycles. The van der Waals surface area contributed by atoms with E-state index >= 15 is 0 Å². The van der Waals surface area contributed by atoms with Crippen LogP contribution in [0.25, 0.3) is 0 Å². The van der Waals surface area contributed by atoms with Crippen molar-refractivity contribution < 1.29 is 14.4 Å². The van der Waals surface area contributed by atoms with E-state index < -0.39 is 0 Å². The Balaban J connectivity index is 1.70. The van der Waals surface area contributed by atoms with Gasteiger partial charge in [-0.3, -0.25) is 19.3 Å². The van der Waals surface area contributed by atoms with E-state index in [1.165, 1.54) is 6.08 Å². The lowest BCUT2D eigenvalue weighted by atomic mass is 10.0. The average Bonchev–Trinajstić information content (AvgIpc) is 2.84. The van der Waals surface area contributed by atoms with E-state index in [1.54, 1.807) is 34.9 Å². The number of amides is 3. The number of anilines is 1. The third-order valence-electron chi connectivity index (χ3n) is 5.02. The number of benzene rings is 2. The van der Waals surface area contributed by atoms with Crippen molar-refractivity contribution >= 4 is 35.2 Å². The van der Waals surface area contributed by atoms with E-state index in [-0.39, 0.29) is 29.8 Å². The molecule has 0 saturated carbocycles. The fraction of sp³-hybridized carbons (Fsp3) is 0.227. The van der Waals surface area contributed by atoms with Crippen LogP contribution in [0.15, 0.2) is 60.0 Å². The fourth-order valence-corrected chi connectivity index (χ4v) is 4.69. The lowest BCUT2D eigenvalue weighted by Crippen LogP contribution is -2.32. The Hall–Kier alpha value is -2.86.